The number of nitrogens with zero attached hydrogens (tertiary/aromatic N) is 2. The van der Waals surface area contributed by atoms with Gasteiger partial charge in [-0.15, -0.1) is 0 Å². The number of nitrogens with one attached hydrogen (secondary N) is 1. The second kappa shape index (κ2) is 10.8. The highest BCUT2D eigenvalue weighted by atomic mass is 32.2. The molecule has 1 fully saturated rings. The number of aliphatic imine (C=N–C) groups is 1. The maximum Gasteiger partial charge on any atom is 0.238 e. The first kappa shape index (κ1) is 24.5. The largest absolute Gasteiger partial charge is 0.497 e. The summed E-state index contributed by atoms with van der Waals surface area (Å²) in [5, 5.41) is 2.69. The Morgan fingerprint density at radius 1 is 1.00 bits per heavy atom. The van der Waals surface area contributed by atoms with Crippen LogP contribution in [0.4, 0.5) is 11.4 Å². The van der Waals surface area contributed by atoms with Crippen LogP contribution in [-0.2, 0) is 16.1 Å². The summed E-state index contributed by atoms with van der Waals surface area (Å²) in [5.41, 5.74) is 2.13. The average molecular weight is 520 g/mol. The van der Waals surface area contributed by atoms with E-state index in [4.69, 9.17) is 23.9 Å². The third-order valence-corrected chi connectivity index (χ3v) is 7.05. The number of rotatable bonds is 7. The molecule has 2 aliphatic rings. The van der Waals surface area contributed by atoms with Crippen molar-refractivity contribution in [2.45, 2.75) is 18.2 Å². The van der Waals surface area contributed by atoms with E-state index < -0.39 is 5.25 Å². The van der Waals surface area contributed by atoms with Crippen LogP contribution in [0.5, 0.6) is 23.0 Å². The molecule has 0 aliphatic carbocycles. The summed E-state index contributed by atoms with van der Waals surface area (Å²) in [6.07, 6.45) is 0.0405. The highest BCUT2D eigenvalue weighted by molar-refractivity contribution is 8.15. The Balaban J connectivity index is 1.39. The zero-order chi connectivity index (χ0) is 25.8. The molecule has 2 amide bonds. The Hall–Kier alpha value is -4.18. The van der Waals surface area contributed by atoms with Crippen LogP contribution in [0.25, 0.3) is 0 Å². The molecular weight excluding hydrogens is 494 g/mol. The average Bonchev–Trinajstić information content (AvgIpc) is 3.39. The van der Waals surface area contributed by atoms with Crippen LogP contribution < -0.4 is 24.3 Å². The van der Waals surface area contributed by atoms with Crippen LogP contribution in [0, 0.1) is 0 Å². The van der Waals surface area contributed by atoms with Crippen molar-refractivity contribution in [3.05, 3.63) is 72.3 Å². The van der Waals surface area contributed by atoms with Crippen molar-refractivity contribution in [2.24, 2.45) is 4.99 Å². The molecule has 2 aliphatic heterocycles. The number of hydrogen-bond acceptors (Lipinski definition) is 8. The number of fused-ring (bicyclic) bond motifs is 1. The Bertz CT molecular complexity index is 1330. The zero-order valence-corrected chi connectivity index (χ0v) is 21.1. The summed E-state index contributed by atoms with van der Waals surface area (Å²) in [4.78, 5) is 32.8. The first-order valence-corrected chi connectivity index (χ1v) is 12.4. The second-order valence-corrected chi connectivity index (χ2v) is 9.46. The van der Waals surface area contributed by atoms with Gasteiger partial charge in [-0.1, -0.05) is 17.8 Å². The van der Waals surface area contributed by atoms with Crippen LogP contribution in [0.1, 0.15) is 12.0 Å². The molecule has 1 atom stereocenters. The van der Waals surface area contributed by atoms with Crippen LogP contribution >= 0.6 is 11.8 Å². The summed E-state index contributed by atoms with van der Waals surface area (Å²) in [5.74, 6) is 2.23. The molecule has 37 heavy (non-hydrogen) atoms. The van der Waals surface area contributed by atoms with E-state index in [9.17, 15) is 9.59 Å². The first-order valence-electron chi connectivity index (χ1n) is 11.6. The number of methoxy groups -OCH3 is 2. The van der Waals surface area contributed by atoms with Gasteiger partial charge >= 0.3 is 0 Å². The van der Waals surface area contributed by atoms with Gasteiger partial charge in [-0.05, 0) is 66.2 Å². The molecule has 3 aromatic rings. The quantitative estimate of drug-likeness (QED) is 0.487. The monoisotopic (exact) mass is 519 g/mol. The second-order valence-electron chi connectivity index (χ2n) is 8.29. The van der Waals surface area contributed by atoms with Gasteiger partial charge in [-0.3, -0.25) is 14.5 Å². The van der Waals surface area contributed by atoms with Crippen LogP contribution in [0.2, 0.25) is 0 Å². The van der Waals surface area contributed by atoms with Crippen molar-refractivity contribution >= 4 is 40.1 Å². The molecule has 1 N–H and O–H groups in total. The fourth-order valence-corrected chi connectivity index (χ4v) is 4.98. The molecule has 0 spiro atoms. The summed E-state index contributed by atoms with van der Waals surface area (Å²) in [6.45, 7) is 0.455. The third-order valence-electron chi connectivity index (χ3n) is 5.86. The minimum atomic E-state index is -0.639. The number of benzene rings is 3. The normalized spacial score (nSPS) is 17.6. The van der Waals surface area contributed by atoms with Gasteiger partial charge in [-0.25, -0.2) is 4.99 Å². The molecule has 9 nitrogen and oxygen atoms in total. The molecule has 1 saturated heterocycles. The lowest BCUT2D eigenvalue weighted by Gasteiger charge is -2.32. The number of anilines is 1. The number of carbonyl (C=O) groups excluding carboxylic acids is 2. The van der Waals surface area contributed by atoms with Crippen LogP contribution in [0.15, 0.2) is 71.7 Å². The third kappa shape index (κ3) is 5.64. The van der Waals surface area contributed by atoms with E-state index in [1.54, 1.807) is 67.7 Å². The van der Waals surface area contributed by atoms with Crippen molar-refractivity contribution in [1.29, 1.82) is 0 Å². The van der Waals surface area contributed by atoms with Gasteiger partial charge in [0.25, 0.3) is 0 Å². The van der Waals surface area contributed by atoms with E-state index in [1.807, 2.05) is 18.2 Å². The minimum absolute atomic E-state index is 0.0405. The first-order chi connectivity index (χ1) is 18.0. The summed E-state index contributed by atoms with van der Waals surface area (Å²) in [6, 6.07) is 19.8. The zero-order valence-electron chi connectivity index (χ0n) is 20.3. The van der Waals surface area contributed by atoms with Gasteiger partial charge < -0.3 is 24.3 Å². The molecule has 0 aromatic heterocycles. The lowest BCUT2D eigenvalue weighted by molar-refractivity contribution is -0.129. The molecule has 190 valence electrons. The summed E-state index contributed by atoms with van der Waals surface area (Å²) >= 11 is 1.26. The van der Waals surface area contributed by atoms with E-state index in [2.05, 4.69) is 5.32 Å². The van der Waals surface area contributed by atoms with E-state index in [0.717, 1.165) is 5.56 Å². The number of amides is 2. The Morgan fingerprint density at radius 2 is 1.68 bits per heavy atom. The summed E-state index contributed by atoms with van der Waals surface area (Å²) < 4.78 is 21.3. The lowest BCUT2D eigenvalue weighted by atomic mass is 10.1. The predicted octanol–water partition coefficient (Wildman–Crippen LogP) is 4.59. The van der Waals surface area contributed by atoms with E-state index in [0.29, 0.717) is 39.5 Å². The highest BCUT2D eigenvalue weighted by Gasteiger charge is 2.36. The van der Waals surface area contributed by atoms with Crippen molar-refractivity contribution in [1.82, 2.24) is 4.90 Å². The van der Waals surface area contributed by atoms with Crippen molar-refractivity contribution < 1.29 is 28.5 Å². The number of hydrogen-bond donors (Lipinski definition) is 1. The minimum Gasteiger partial charge on any atom is -0.497 e. The number of ether oxygens (including phenoxy) is 4. The molecule has 5 rings (SSSR count). The van der Waals surface area contributed by atoms with Crippen molar-refractivity contribution in [3.8, 4) is 23.0 Å². The lowest BCUT2D eigenvalue weighted by Crippen LogP contribution is -2.44. The Labute approximate surface area is 218 Å². The van der Waals surface area contributed by atoms with E-state index in [-0.39, 0.29) is 31.6 Å². The van der Waals surface area contributed by atoms with E-state index in [1.165, 1.54) is 11.8 Å². The molecule has 10 heteroatoms. The van der Waals surface area contributed by atoms with Gasteiger partial charge in [0.15, 0.2) is 16.7 Å². The molecule has 0 radical (unpaired) electrons. The maximum atomic E-state index is 13.3. The number of amidine groups is 1. The number of carbonyl (C=O) groups is 2. The predicted molar refractivity (Wildman–Crippen MR) is 141 cm³/mol. The topological polar surface area (TPSA) is 98.7 Å². The van der Waals surface area contributed by atoms with Gasteiger partial charge in [-0.2, -0.15) is 0 Å². The smallest absolute Gasteiger partial charge is 0.238 e. The van der Waals surface area contributed by atoms with Crippen molar-refractivity contribution in [3.63, 3.8) is 0 Å². The molecule has 2 heterocycles. The van der Waals surface area contributed by atoms with Crippen LogP contribution in [0.3, 0.4) is 0 Å². The fourth-order valence-electron chi connectivity index (χ4n) is 3.88. The van der Waals surface area contributed by atoms with Crippen molar-refractivity contribution in [2.75, 3.05) is 26.3 Å². The van der Waals surface area contributed by atoms with Crippen LogP contribution in [-0.4, -0.2) is 48.1 Å². The highest BCUT2D eigenvalue weighted by Crippen LogP contribution is 2.35. The Kier molecular flexibility index (Phi) is 7.18. The van der Waals surface area contributed by atoms with Gasteiger partial charge in [0, 0.05) is 12.1 Å². The Morgan fingerprint density at radius 3 is 2.38 bits per heavy atom. The molecule has 3 aromatic carbocycles. The SMILES string of the molecule is COc1ccc(N=C2S[C@@H](C(=O)Nc3ccc(OC)cc3)CC(=O)N2Cc2ccc3c(c2)OCO3)cc1. The standard InChI is InChI=1S/C27H25N3O6S/c1-33-20-8-4-18(5-9-20)28-26(32)24-14-25(31)30(15-17-3-12-22-23(13-17)36-16-35-22)27(37-24)29-19-6-10-21(34-2)11-7-19/h3-13,24H,14-16H2,1-2H3,(H,28,32)/t24-/m1/s1. The molecule has 0 saturated carbocycles. The van der Waals surface area contributed by atoms with Gasteiger partial charge in [0.05, 0.1) is 26.5 Å². The fraction of sp³-hybridized carbons (Fsp3) is 0.222. The maximum absolute atomic E-state index is 13.3. The van der Waals surface area contributed by atoms with Gasteiger partial charge in [0.1, 0.15) is 16.7 Å². The molecule has 0 bridgehead atoms. The number of thioether (sulfide) groups is 1. The van der Waals surface area contributed by atoms with Gasteiger partial charge in [0.2, 0.25) is 18.6 Å². The van der Waals surface area contributed by atoms with E-state index >= 15 is 0 Å². The summed E-state index contributed by atoms with van der Waals surface area (Å²) in [7, 11) is 3.17. The molecular formula is C27H25N3O6S. The molecule has 0 unspecified atom stereocenters.